The number of aryl methyl sites for hydroxylation is 1. The van der Waals surface area contributed by atoms with Crippen LogP contribution in [0.3, 0.4) is 0 Å². The van der Waals surface area contributed by atoms with E-state index in [0.29, 0.717) is 15.9 Å². The Morgan fingerprint density at radius 2 is 2.29 bits per heavy atom. The number of hydrogen-bond donors (Lipinski definition) is 2. The minimum atomic E-state index is -0.357. The summed E-state index contributed by atoms with van der Waals surface area (Å²) in [6.45, 7) is 1.94. The summed E-state index contributed by atoms with van der Waals surface area (Å²) in [6, 6.07) is 7.26. The maximum absolute atomic E-state index is 11.8. The summed E-state index contributed by atoms with van der Waals surface area (Å²) < 4.78 is 6.09. The van der Waals surface area contributed by atoms with Crippen LogP contribution in [0.25, 0.3) is 16.3 Å². The molecule has 0 bridgehead atoms. The first kappa shape index (κ1) is 16.6. The molecule has 0 aliphatic heterocycles. The van der Waals surface area contributed by atoms with Gasteiger partial charge in [0.2, 0.25) is 5.91 Å². The van der Waals surface area contributed by atoms with Gasteiger partial charge >= 0.3 is 0 Å². The molecular formula is C16H12ClN3O2S2. The van der Waals surface area contributed by atoms with E-state index in [1.165, 1.54) is 23.7 Å². The molecule has 0 radical (unpaired) electrons. The summed E-state index contributed by atoms with van der Waals surface area (Å²) in [7, 11) is 0. The van der Waals surface area contributed by atoms with Crippen LogP contribution in [0.15, 0.2) is 41.0 Å². The van der Waals surface area contributed by atoms with E-state index in [0.717, 1.165) is 15.8 Å². The smallest absolute Gasteiger partial charge is 0.250 e. The van der Waals surface area contributed by atoms with E-state index in [1.54, 1.807) is 18.2 Å². The Morgan fingerprint density at radius 1 is 1.46 bits per heavy atom. The van der Waals surface area contributed by atoms with E-state index in [2.05, 4.69) is 15.6 Å². The molecule has 0 saturated heterocycles. The van der Waals surface area contributed by atoms with Gasteiger partial charge in [0.25, 0.3) is 0 Å². The molecule has 122 valence electrons. The van der Waals surface area contributed by atoms with Crippen molar-refractivity contribution in [3.8, 4) is 0 Å². The van der Waals surface area contributed by atoms with E-state index in [9.17, 15) is 4.79 Å². The molecule has 2 heterocycles. The number of hydrogen-bond acceptors (Lipinski definition) is 5. The first-order valence-electron chi connectivity index (χ1n) is 6.91. The highest BCUT2D eigenvalue weighted by molar-refractivity contribution is 7.80. The van der Waals surface area contributed by atoms with Crippen LogP contribution in [-0.4, -0.2) is 16.0 Å². The summed E-state index contributed by atoms with van der Waals surface area (Å²) in [5, 5.41) is 6.88. The third-order valence-corrected chi connectivity index (χ3v) is 4.61. The monoisotopic (exact) mass is 377 g/mol. The molecule has 24 heavy (non-hydrogen) atoms. The molecule has 1 aromatic carbocycles. The van der Waals surface area contributed by atoms with Crippen molar-refractivity contribution in [2.75, 3.05) is 5.32 Å². The van der Waals surface area contributed by atoms with Gasteiger partial charge in [-0.1, -0.05) is 22.9 Å². The van der Waals surface area contributed by atoms with Crippen LogP contribution in [-0.2, 0) is 4.79 Å². The molecule has 3 aromatic rings. The van der Waals surface area contributed by atoms with E-state index < -0.39 is 0 Å². The summed E-state index contributed by atoms with van der Waals surface area (Å²) in [4.78, 5) is 16.2. The van der Waals surface area contributed by atoms with Crippen LogP contribution in [0, 0.1) is 6.92 Å². The molecule has 2 aromatic heterocycles. The van der Waals surface area contributed by atoms with Gasteiger partial charge in [-0.2, -0.15) is 0 Å². The fourth-order valence-electron chi connectivity index (χ4n) is 1.93. The van der Waals surface area contributed by atoms with Gasteiger partial charge in [0.1, 0.15) is 5.76 Å². The van der Waals surface area contributed by atoms with Gasteiger partial charge in [0.05, 0.1) is 16.5 Å². The number of carbonyl (C=O) groups excluding carboxylic acids is 1. The number of furan rings is 1. The number of thiocarbonyl (C=S) groups is 1. The van der Waals surface area contributed by atoms with Crippen LogP contribution in [0.1, 0.15) is 11.3 Å². The number of anilines is 1. The second kappa shape index (κ2) is 7.12. The Morgan fingerprint density at radius 3 is 3.04 bits per heavy atom. The summed E-state index contributed by atoms with van der Waals surface area (Å²) in [5.74, 6) is 0.228. The average Bonchev–Trinajstić information content (AvgIpc) is 3.15. The van der Waals surface area contributed by atoms with Crippen LogP contribution in [0.5, 0.6) is 0 Å². The molecule has 2 N–H and O–H groups in total. The molecule has 0 saturated carbocycles. The Kier molecular flexibility index (Phi) is 4.94. The number of rotatable bonds is 3. The Balaban J connectivity index is 1.63. The second-order valence-electron chi connectivity index (χ2n) is 4.88. The molecule has 3 rings (SSSR count). The van der Waals surface area contributed by atoms with E-state index in [1.807, 2.05) is 19.1 Å². The normalized spacial score (nSPS) is 11.1. The predicted octanol–water partition coefficient (Wildman–Crippen LogP) is 4.38. The van der Waals surface area contributed by atoms with Gasteiger partial charge in [-0.3, -0.25) is 10.1 Å². The Labute approximate surface area is 152 Å². The van der Waals surface area contributed by atoms with Crippen LogP contribution >= 0.6 is 35.2 Å². The van der Waals surface area contributed by atoms with Crippen molar-refractivity contribution in [1.29, 1.82) is 0 Å². The van der Waals surface area contributed by atoms with Gasteiger partial charge in [-0.05, 0) is 55.0 Å². The molecule has 0 spiro atoms. The number of thiazole rings is 1. The lowest BCUT2D eigenvalue weighted by molar-refractivity contribution is -0.115. The topological polar surface area (TPSA) is 67.2 Å². The molecule has 5 nitrogen and oxygen atoms in total. The number of nitrogens with zero attached hydrogens (tertiary/aromatic N) is 1. The number of aromatic nitrogens is 1. The van der Waals surface area contributed by atoms with Crippen molar-refractivity contribution >= 4 is 67.6 Å². The first-order valence-corrected chi connectivity index (χ1v) is 8.52. The van der Waals surface area contributed by atoms with Crippen molar-refractivity contribution in [2.45, 2.75) is 6.92 Å². The molecule has 0 unspecified atom stereocenters. The number of carbonyl (C=O) groups is 1. The van der Waals surface area contributed by atoms with Crippen molar-refractivity contribution < 1.29 is 9.21 Å². The average molecular weight is 378 g/mol. The number of amides is 1. The molecule has 0 aliphatic carbocycles. The lowest BCUT2D eigenvalue weighted by atomic mass is 10.2. The molecule has 0 aliphatic rings. The van der Waals surface area contributed by atoms with Crippen molar-refractivity contribution in [3.63, 3.8) is 0 Å². The van der Waals surface area contributed by atoms with Crippen LogP contribution in [0.4, 0.5) is 5.13 Å². The summed E-state index contributed by atoms with van der Waals surface area (Å²) in [6.07, 6.45) is 4.43. The highest BCUT2D eigenvalue weighted by atomic mass is 35.5. The third-order valence-electron chi connectivity index (χ3n) is 3.07. The zero-order chi connectivity index (χ0) is 17.1. The quantitative estimate of drug-likeness (QED) is 0.523. The fraction of sp³-hybridized carbons (Fsp3) is 0.0625. The van der Waals surface area contributed by atoms with Gasteiger partial charge in [0, 0.05) is 11.1 Å². The lowest BCUT2D eigenvalue weighted by Crippen LogP contribution is -2.32. The number of nitrogens with one attached hydrogen (secondary N) is 2. The first-order chi connectivity index (χ1) is 11.5. The van der Waals surface area contributed by atoms with E-state index in [-0.39, 0.29) is 11.0 Å². The highest BCUT2D eigenvalue weighted by Crippen LogP contribution is 2.30. The summed E-state index contributed by atoms with van der Waals surface area (Å²) >= 11 is 12.7. The highest BCUT2D eigenvalue weighted by Gasteiger charge is 2.09. The molecule has 0 fully saturated rings. The zero-order valence-corrected chi connectivity index (χ0v) is 14.9. The van der Waals surface area contributed by atoms with Gasteiger partial charge in [-0.25, -0.2) is 4.98 Å². The number of benzene rings is 1. The number of halogens is 1. The van der Waals surface area contributed by atoms with Crippen molar-refractivity contribution in [1.82, 2.24) is 10.3 Å². The van der Waals surface area contributed by atoms with Gasteiger partial charge < -0.3 is 9.73 Å². The van der Waals surface area contributed by atoms with Crippen LogP contribution in [0.2, 0.25) is 5.02 Å². The van der Waals surface area contributed by atoms with Gasteiger partial charge in [-0.15, -0.1) is 0 Å². The third kappa shape index (κ3) is 4.00. The molecule has 1 amide bonds. The maximum atomic E-state index is 11.8. The number of fused-ring (bicyclic) bond motifs is 1. The van der Waals surface area contributed by atoms with E-state index in [4.69, 9.17) is 28.2 Å². The Hall–Kier alpha value is -2.22. The maximum Gasteiger partial charge on any atom is 0.250 e. The van der Waals surface area contributed by atoms with Crippen molar-refractivity contribution in [2.24, 2.45) is 0 Å². The van der Waals surface area contributed by atoms with E-state index >= 15 is 0 Å². The second-order valence-corrected chi connectivity index (χ2v) is 6.73. The SMILES string of the molecule is Cc1cc2sc(NC(=S)NC(=O)C=Cc3ccco3)nc2cc1Cl. The molecule has 0 atom stereocenters. The van der Waals surface area contributed by atoms with Crippen LogP contribution < -0.4 is 10.6 Å². The molecular weight excluding hydrogens is 366 g/mol. The minimum absolute atomic E-state index is 0.172. The Bertz CT molecular complexity index is 893. The minimum Gasteiger partial charge on any atom is -0.465 e. The predicted molar refractivity (Wildman–Crippen MR) is 101 cm³/mol. The fourth-order valence-corrected chi connectivity index (χ4v) is 3.30. The zero-order valence-electron chi connectivity index (χ0n) is 12.5. The standard InChI is InChI=1S/C16H12ClN3O2S2/c1-9-7-13-12(8-11(9)17)18-16(24-13)20-15(23)19-14(21)5-4-10-3-2-6-22-10/h2-8H,1H3,(H2,18,19,20,21,23). The van der Waals surface area contributed by atoms with Crippen molar-refractivity contribution in [3.05, 3.63) is 53.0 Å². The lowest BCUT2D eigenvalue weighted by Gasteiger charge is -2.04. The summed E-state index contributed by atoms with van der Waals surface area (Å²) in [5.41, 5.74) is 1.77. The van der Waals surface area contributed by atoms with Gasteiger partial charge in [0.15, 0.2) is 10.2 Å². The molecule has 8 heteroatoms. The largest absolute Gasteiger partial charge is 0.465 e.